The highest BCUT2D eigenvalue weighted by molar-refractivity contribution is 5.80. The number of nitrogens with zero attached hydrogens (tertiary/aromatic N) is 2. The molecule has 0 aromatic heterocycles. The molecular weight excluding hydrogens is 278 g/mol. The average molecular weight is 301 g/mol. The Labute approximate surface area is 131 Å². The lowest BCUT2D eigenvalue weighted by molar-refractivity contribution is -0.135. The zero-order valence-electron chi connectivity index (χ0n) is 13.4. The van der Waals surface area contributed by atoms with Gasteiger partial charge in [0.25, 0.3) is 5.91 Å². The molecule has 1 aliphatic rings. The van der Waals surface area contributed by atoms with Gasteiger partial charge in [-0.2, -0.15) is 5.26 Å². The second-order valence-corrected chi connectivity index (χ2v) is 5.91. The lowest BCUT2D eigenvalue weighted by atomic mass is 10.00. The minimum atomic E-state index is -0.589. The summed E-state index contributed by atoms with van der Waals surface area (Å²) in [5.74, 6) is 0.436. The standard InChI is InChI=1S/C17H23N3O2/c1-12-5-4-6-13(2)20(12)19-17(21)14(3)22-16-9-7-15(11-18)8-10-16/h7-10,12-14H,4-6H2,1-3H3,(H,19,21)/t12-,13+,14-/m0/s1. The number of hydrogen-bond donors (Lipinski definition) is 1. The average Bonchev–Trinajstić information content (AvgIpc) is 2.51. The molecule has 0 aliphatic carbocycles. The summed E-state index contributed by atoms with van der Waals surface area (Å²) in [6.07, 6.45) is 2.80. The fourth-order valence-electron chi connectivity index (χ4n) is 2.73. The lowest BCUT2D eigenvalue weighted by Crippen LogP contribution is -2.56. The normalized spacial score (nSPS) is 23.4. The topological polar surface area (TPSA) is 65.4 Å². The van der Waals surface area contributed by atoms with Crippen LogP contribution in [-0.4, -0.2) is 29.1 Å². The van der Waals surface area contributed by atoms with Gasteiger partial charge in [0.05, 0.1) is 11.6 Å². The van der Waals surface area contributed by atoms with E-state index in [1.807, 2.05) is 5.01 Å². The summed E-state index contributed by atoms with van der Waals surface area (Å²) in [6.45, 7) is 5.98. The van der Waals surface area contributed by atoms with E-state index in [2.05, 4.69) is 25.3 Å². The largest absolute Gasteiger partial charge is 0.481 e. The molecule has 1 saturated heterocycles. The molecular formula is C17H23N3O2. The quantitative estimate of drug-likeness (QED) is 0.928. The Morgan fingerprint density at radius 2 is 1.91 bits per heavy atom. The van der Waals surface area contributed by atoms with Crippen LogP contribution in [0.15, 0.2) is 24.3 Å². The fourth-order valence-corrected chi connectivity index (χ4v) is 2.73. The summed E-state index contributed by atoms with van der Waals surface area (Å²) in [6, 6.07) is 9.49. The van der Waals surface area contributed by atoms with Gasteiger partial charge in [0.1, 0.15) is 5.75 Å². The lowest BCUT2D eigenvalue weighted by Gasteiger charge is -2.39. The van der Waals surface area contributed by atoms with Gasteiger partial charge < -0.3 is 4.74 Å². The number of carbonyl (C=O) groups is 1. The molecule has 1 fully saturated rings. The van der Waals surface area contributed by atoms with Crippen LogP contribution in [0.3, 0.4) is 0 Å². The van der Waals surface area contributed by atoms with Crippen LogP contribution >= 0.6 is 0 Å². The minimum Gasteiger partial charge on any atom is -0.481 e. The molecule has 1 aromatic carbocycles. The van der Waals surface area contributed by atoms with Gasteiger partial charge in [-0.25, -0.2) is 5.01 Å². The first kappa shape index (κ1) is 16.3. The maximum Gasteiger partial charge on any atom is 0.275 e. The van der Waals surface area contributed by atoms with Gasteiger partial charge in [-0.1, -0.05) is 6.42 Å². The Kier molecular flexibility index (Phi) is 5.40. The molecule has 22 heavy (non-hydrogen) atoms. The second kappa shape index (κ2) is 7.28. The highest BCUT2D eigenvalue weighted by atomic mass is 16.5. The predicted octanol–water partition coefficient (Wildman–Crippen LogP) is 2.62. The van der Waals surface area contributed by atoms with Gasteiger partial charge in [-0.05, 0) is 57.9 Å². The fraction of sp³-hybridized carbons (Fsp3) is 0.529. The van der Waals surface area contributed by atoms with Crippen molar-refractivity contribution < 1.29 is 9.53 Å². The first-order valence-electron chi connectivity index (χ1n) is 7.77. The van der Waals surface area contributed by atoms with Crippen molar-refractivity contribution in [2.24, 2.45) is 0 Å². The zero-order chi connectivity index (χ0) is 16.1. The van der Waals surface area contributed by atoms with Crippen molar-refractivity contribution in [2.45, 2.75) is 58.2 Å². The first-order chi connectivity index (χ1) is 10.5. The Balaban J connectivity index is 1.92. The third-order valence-corrected chi connectivity index (χ3v) is 4.10. The summed E-state index contributed by atoms with van der Waals surface area (Å²) in [5.41, 5.74) is 3.55. The van der Waals surface area contributed by atoms with E-state index in [0.29, 0.717) is 23.4 Å². The van der Waals surface area contributed by atoms with Crippen molar-refractivity contribution >= 4 is 5.91 Å². The molecule has 5 nitrogen and oxygen atoms in total. The number of nitriles is 1. The number of rotatable bonds is 4. The summed E-state index contributed by atoms with van der Waals surface area (Å²) in [5, 5.41) is 10.8. The minimum absolute atomic E-state index is 0.148. The molecule has 1 aliphatic heterocycles. The van der Waals surface area contributed by atoms with E-state index >= 15 is 0 Å². The Bertz CT molecular complexity index is 540. The van der Waals surface area contributed by atoms with Crippen molar-refractivity contribution in [1.29, 1.82) is 5.26 Å². The molecule has 1 aromatic rings. The van der Waals surface area contributed by atoms with Crippen LogP contribution in [0.2, 0.25) is 0 Å². The zero-order valence-corrected chi connectivity index (χ0v) is 13.4. The van der Waals surface area contributed by atoms with E-state index in [0.717, 1.165) is 12.8 Å². The highest BCUT2D eigenvalue weighted by Gasteiger charge is 2.28. The molecule has 1 N–H and O–H groups in total. The van der Waals surface area contributed by atoms with E-state index in [1.165, 1.54) is 6.42 Å². The van der Waals surface area contributed by atoms with Gasteiger partial charge in [-0.3, -0.25) is 10.2 Å². The number of piperidine rings is 1. The van der Waals surface area contributed by atoms with Crippen LogP contribution in [0.25, 0.3) is 0 Å². The van der Waals surface area contributed by atoms with Gasteiger partial charge in [0, 0.05) is 12.1 Å². The molecule has 118 valence electrons. The van der Waals surface area contributed by atoms with Crippen LogP contribution in [0.1, 0.15) is 45.6 Å². The maximum atomic E-state index is 12.3. The summed E-state index contributed by atoms with van der Waals surface area (Å²) in [7, 11) is 0. The van der Waals surface area contributed by atoms with Crippen LogP contribution in [0.5, 0.6) is 5.75 Å². The molecule has 2 rings (SSSR count). The third kappa shape index (κ3) is 3.99. The number of benzene rings is 1. The van der Waals surface area contributed by atoms with Crippen molar-refractivity contribution in [3.05, 3.63) is 29.8 Å². The first-order valence-corrected chi connectivity index (χ1v) is 7.77. The van der Waals surface area contributed by atoms with Crippen molar-refractivity contribution in [3.8, 4) is 11.8 Å². The van der Waals surface area contributed by atoms with Gasteiger partial charge in [0.15, 0.2) is 6.10 Å². The Hall–Kier alpha value is -2.06. The number of ether oxygens (including phenoxy) is 1. The summed E-state index contributed by atoms with van der Waals surface area (Å²) in [4.78, 5) is 12.3. The van der Waals surface area contributed by atoms with E-state index in [1.54, 1.807) is 31.2 Å². The summed E-state index contributed by atoms with van der Waals surface area (Å²) < 4.78 is 5.64. The van der Waals surface area contributed by atoms with Crippen LogP contribution in [-0.2, 0) is 4.79 Å². The SMILES string of the molecule is C[C@H](Oc1ccc(C#N)cc1)C(=O)NN1[C@H](C)CCC[C@@H]1C. The molecule has 1 heterocycles. The van der Waals surface area contributed by atoms with Crippen molar-refractivity contribution in [3.63, 3.8) is 0 Å². The molecule has 0 radical (unpaired) electrons. The molecule has 0 bridgehead atoms. The smallest absolute Gasteiger partial charge is 0.275 e. The molecule has 3 atom stereocenters. The van der Waals surface area contributed by atoms with E-state index in [-0.39, 0.29) is 5.91 Å². The molecule has 1 amide bonds. The predicted molar refractivity (Wildman–Crippen MR) is 84.0 cm³/mol. The number of nitrogens with one attached hydrogen (secondary N) is 1. The molecule has 5 heteroatoms. The number of amides is 1. The molecule has 0 saturated carbocycles. The van der Waals surface area contributed by atoms with Crippen molar-refractivity contribution in [2.75, 3.05) is 0 Å². The van der Waals surface area contributed by atoms with E-state index in [9.17, 15) is 4.79 Å². The van der Waals surface area contributed by atoms with Gasteiger partial charge in [0.2, 0.25) is 0 Å². The summed E-state index contributed by atoms with van der Waals surface area (Å²) >= 11 is 0. The number of hydrazine groups is 1. The van der Waals surface area contributed by atoms with Crippen molar-refractivity contribution in [1.82, 2.24) is 10.4 Å². The highest BCUT2D eigenvalue weighted by Crippen LogP contribution is 2.20. The third-order valence-electron chi connectivity index (χ3n) is 4.10. The van der Waals surface area contributed by atoms with Gasteiger partial charge in [-0.15, -0.1) is 0 Å². The van der Waals surface area contributed by atoms with Gasteiger partial charge >= 0.3 is 0 Å². The van der Waals surface area contributed by atoms with Crippen LogP contribution in [0, 0.1) is 11.3 Å². The van der Waals surface area contributed by atoms with Crippen LogP contribution < -0.4 is 10.2 Å². The Morgan fingerprint density at radius 3 is 2.45 bits per heavy atom. The van der Waals surface area contributed by atoms with E-state index in [4.69, 9.17) is 10.00 Å². The monoisotopic (exact) mass is 301 g/mol. The van der Waals surface area contributed by atoms with Crippen LogP contribution in [0.4, 0.5) is 0 Å². The molecule has 0 spiro atoms. The molecule has 0 unspecified atom stereocenters. The number of carbonyl (C=O) groups excluding carboxylic acids is 1. The van der Waals surface area contributed by atoms with E-state index < -0.39 is 6.10 Å². The maximum absolute atomic E-state index is 12.3. The Morgan fingerprint density at radius 1 is 1.32 bits per heavy atom. The number of hydrogen-bond acceptors (Lipinski definition) is 4. The second-order valence-electron chi connectivity index (χ2n) is 5.91.